The Morgan fingerprint density at radius 3 is 2.82 bits per heavy atom. The summed E-state index contributed by atoms with van der Waals surface area (Å²) in [6, 6.07) is 1.96. The fraction of sp³-hybridized carbons (Fsp3) is 0.625. The third-order valence-corrected chi connectivity index (χ3v) is 4.80. The molecule has 0 amide bonds. The number of pyridine rings is 1. The SMILES string of the molecule is CNc1ccnc2nc(N)n(CC3(COC)CCCCC3)c12. The van der Waals surface area contributed by atoms with E-state index in [1.54, 1.807) is 13.3 Å². The van der Waals surface area contributed by atoms with Crippen LogP contribution in [0.15, 0.2) is 12.3 Å². The van der Waals surface area contributed by atoms with Gasteiger partial charge in [0.05, 0.1) is 12.3 Å². The normalized spacial score (nSPS) is 17.7. The minimum Gasteiger partial charge on any atom is -0.386 e. The number of anilines is 2. The van der Waals surface area contributed by atoms with Crippen LogP contribution in [0.5, 0.6) is 0 Å². The molecule has 0 aliphatic heterocycles. The monoisotopic (exact) mass is 303 g/mol. The Kier molecular flexibility index (Phi) is 4.20. The first-order valence-electron chi connectivity index (χ1n) is 7.96. The van der Waals surface area contributed by atoms with Crippen molar-refractivity contribution in [3.05, 3.63) is 12.3 Å². The Bertz CT molecular complexity index is 640. The van der Waals surface area contributed by atoms with E-state index >= 15 is 0 Å². The molecule has 0 spiro atoms. The summed E-state index contributed by atoms with van der Waals surface area (Å²) in [4.78, 5) is 8.78. The number of nitrogens with two attached hydrogens (primary N) is 1. The van der Waals surface area contributed by atoms with Crippen LogP contribution in [0.25, 0.3) is 11.2 Å². The van der Waals surface area contributed by atoms with Crippen LogP contribution in [-0.2, 0) is 11.3 Å². The van der Waals surface area contributed by atoms with E-state index in [4.69, 9.17) is 10.5 Å². The molecular formula is C16H25N5O. The first-order valence-corrected chi connectivity index (χ1v) is 7.96. The zero-order chi connectivity index (χ0) is 15.6. The van der Waals surface area contributed by atoms with Gasteiger partial charge >= 0.3 is 0 Å². The van der Waals surface area contributed by atoms with Crippen LogP contribution in [0.3, 0.4) is 0 Å². The third-order valence-electron chi connectivity index (χ3n) is 4.80. The maximum atomic E-state index is 6.19. The van der Waals surface area contributed by atoms with Gasteiger partial charge in [0.15, 0.2) is 5.65 Å². The van der Waals surface area contributed by atoms with Gasteiger partial charge in [0, 0.05) is 32.3 Å². The molecule has 22 heavy (non-hydrogen) atoms. The molecule has 1 saturated carbocycles. The van der Waals surface area contributed by atoms with E-state index in [0.29, 0.717) is 11.6 Å². The molecule has 6 nitrogen and oxygen atoms in total. The summed E-state index contributed by atoms with van der Waals surface area (Å²) >= 11 is 0. The molecule has 6 heteroatoms. The Balaban J connectivity index is 2.03. The van der Waals surface area contributed by atoms with Crippen LogP contribution in [0.1, 0.15) is 32.1 Å². The lowest BCUT2D eigenvalue weighted by Crippen LogP contribution is -2.34. The predicted molar refractivity (Wildman–Crippen MR) is 88.9 cm³/mol. The van der Waals surface area contributed by atoms with Gasteiger partial charge in [-0.1, -0.05) is 19.3 Å². The van der Waals surface area contributed by atoms with Crippen molar-refractivity contribution in [3.8, 4) is 0 Å². The van der Waals surface area contributed by atoms with Gasteiger partial charge in [-0.3, -0.25) is 0 Å². The summed E-state index contributed by atoms with van der Waals surface area (Å²) < 4.78 is 7.65. The van der Waals surface area contributed by atoms with Crippen LogP contribution >= 0.6 is 0 Å². The molecule has 3 rings (SSSR count). The number of nitrogens with one attached hydrogen (secondary N) is 1. The highest BCUT2D eigenvalue weighted by Gasteiger charge is 2.34. The minimum absolute atomic E-state index is 0.148. The summed E-state index contributed by atoms with van der Waals surface area (Å²) in [6.07, 6.45) is 7.94. The standard InChI is InChI=1S/C16H25N5O/c1-18-12-6-9-19-14-13(12)21(15(17)20-14)10-16(11-22-2)7-4-3-5-8-16/h6,9H,3-5,7-8,10-11H2,1-2H3,(H3,17,18,19,20). The number of rotatable bonds is 5. The molecular weight excluding hydrogens is 278 g/mol. The second-order valence-corrected chi connectivity index (χ2v) is 6.33. The van der Waals surface area contributed by atoms with Gasteiger partial charge in [0.1, 0.15) is 5.52 Å². The molecule has 120 valence electrons. The van der Waals surface area contributed by atoms with Crippen LogP contribution in [0.2, 0.25) is 0 Å². The topological polar surface area (TPSA) is 78.0 Å². The molecule has 1 fully saturated rings. The summed E-state index contributed by atoms with van der Waals surface area (Å²) in [5, 5.41) is 3.22. The summed E-state index contributed by atoms with van der Waals surface area (Å²) in [6.45, 7) is 1.60. The number of fused-ring (bicyclic) bond motifs is 1. The number of ether oxygens (including phenoxy) is 1. The molecule has 3 N–H and O–H groups in total. The third kappa shape index (κ3) is 2.63. The van der Waals surface area contributed by atoms with E-state index in [9.17, 15) is 0 Å². The molecule has 0 aromatic carbocycles. The highest BCUT2D eigenvalue weighted by atomic mass is 16.5. The molecule has 0 unspecified atom stereocenters. The van der Waals surface area contributed by atoms with Crippen LogP contribution in [-0.4, -0.2) is 35.3 Å². The van der Waals surface area contributed by atoms with Crippen LogP contribution in [0, 0.1) is 5.41 Å². The Morgan fingerprint density at radius 2 is 2.14 bits per heavy atom. The van der Waals surface area contributed by atoms with Crippen LogP contribution in [0.4, 0.5) is 11.6 Å². The van der Waals surface area contributed by atoms with Crippen molar-refractivity contribution in [1.82, 2.24) is 14.5 Å². The largest absolute Gasteiger partial charge is 0.386 e. The highest BCUT2D eigenvalue weighted by Crippen LogP contribution is 2.40. The average Bonchev–Trinajstić information content (AvgIpc) is 2.84. The van der Waals surface area contributed by atoms with Crippen molar-refractivity contribution in [3.63, 3.8) is 0 Å². The molecule has 0 radical (unpaired) electrons. The van der Waals surface area contributed by atoms with E-state index < -0.39 is 0 Å². The molecule has 2 heterocycles. The summed E-state index contributed by atoms with van der Waals surface area (Å²) in [7, 11) is 3.69. The first kappa shape index (κ1) is 15.1. The average molecular weight is 303 g/mol. The quantitative estimate of drug-likeness (QED) is 0.888. The van der Waals surface area contributed by atoms with Gasteiger partial charge in [-0.25, -0.2) is 4.98 Å². The lowest BCUT2D eigenvalue weighted by atomic mass is 9.74. The zero-order valence-electron chi connectivity index (χ0n) is 13.4. The Morgan fingerprint density at radius 1 is 1.36 bits per heavy atom. The fourth-order valence-corrected chi connectivity index (χ4v) is 3.73. The lowest BCUT2D eigenvalue weighted by molar-refractivity contribution is 0.0361. The van der Waals surface area contributed by atoms with Gasteiger partial charge in [0.25, 0.3) is 0 Å². The summed E-state index contributed by atoms with van der Waals surface area (Å²) in [5.74, 6) is 0.534. The molecule has 1 aliphatic rings. The van der Waals surface area contributed by atoms with Crippen molar-refractivity contribution in [2.75, 3.05) is 31.8 Å². The van der Waals surface area contributed by atoms with Crippen molar-refractivity contribution in [2.45, 2.75) is 38.6 Å². The maximum Gasteiger partial charge on any atom is 0.202 e. The molecule has 0 atom stereocenters. The zero-order valence-corrected chi connectivity index (χ0v) is 13.4. The van der Waals surface area contributed by atoms with E-state index in [0.717, 1.165) is 24.4 Å². The number of aromatic nitrogens is 3. The number of nitrogen functional groups attached to an aromatic ring is 1. The van der Waals surface area contributed by atoms with E-state index in [2.05, 4.69) is 19.9 Å². The van der Waals surface area contributed by atoms with Gasteiger partial charge in [0.2, 0.25) is 5.95 Å². The number of imidazole rings is 1. The maximum absolute atomic E-state index is 6.19. The molecule has 2 aromatic heterocycles. The Hall–Kier alpha value is -1.82. The summed E-state index contributed by atoms with van der Waals surface area (Å²) in [5.41, 5.74) is 9.04. The van der Waals surface area contributed by atoms with Crippen molar-refractivity contribution >= 4 is 22.8 Å². The van der Waals surface area contributed by atoms with Gasteiger partial charge in [-0.2, -0.15) is 4.98 Å². The van der Waals surface area contributed by atoms with Gasteiger partial charge < -0.3 is 20.4 Å². The first-order chi connectivity index (χ1) is 10.7. The van der Waals surface area contributed by atoms with E-state index in [1.807, 2.05) is 13.1 Å². The molecule has 0 saturated heterocycles. The number of nitrogens with zero attached hydrogens (tertiary/aromatic N) is 3. The molecule has 0 bridgehead atoms. The smallest absolute Gasteiger partial charge is 0.202 e. The van der Waals surface area contributed by atoms with E-state index in [-0.39, 0.29) is 5.41 Å². The van der Waals surface area contributed by atoms with Crippen LogP contribution < -0.4 is 11.1 Å². The predicted octanol–water partition coefficient (Wildman–Crippen LogP) is 2.65. The van der Waals surface area contributed by atoms with E-state index in [1.165, 1.54) is 32.1 Å². The molecule has 2 aromatic rings. The molecule has 1 aliphatic carbocycles. The van der Waals surface area contributed by atoms with Gasteiger partial charge in [-0.15, -0.1) is 0 Å². The lowest BCUT2D eigenvalue weighted by Gasteiger charge is -2.37. The highest BCUT2D eigenvalue weighted by molar-refractivity contribution is 5.87. The number of hydrogen-bond acceptors (Lipinski definition) is 5. The second-order valence-electron chi connectivity index (χ2n) is 6.33. The fourth-order valence-electron chi connectivity index (χ4n) is 3.73. The minimum atomic E-state index is 0.148. The Labute approximate surface area is 131 Å². The van der Waals surface area contributed by atoms with Crippen molar-refractivity contribution in [2.24, 2.45) is 5.41 Å². The number of hydrogen-bond donors (Lipinski definition) is 2. The number of methoxy groups -OCH3 is 1. The van der Waals surface area contributed by atoms with Crippen molar-refractivity contribution in [1.29, 1.82) is 0 Å². The second kappa shape index (κ2) is 6.12. The van der Waals surface area contributed by atoms with Gasteiger partial charge in [-0.05, 0) is 18.9 Å². The van der Waals surface area contributed by atoms with Crippen molar-refractivity contribution < 1.29 is 4.74 Å².